The maximum Gasteiger partial charge on any atom is 0.228 e. The molecule has 0 fully saturated rings. The largest absolute Gasteiger partial charge is 0.287 e. The second-order valence-corrected chi connectivity index (χ2v) is 4.82. The van der Waals surface area contributed by atoms with Crippen molar-refractivity contribution in [2.45, 2.75) is 6.54 Å². The van der Waals surface area contributed by atoms with Gasteiger partial charge in [0.15, 0.2) is 12.4 Å². The number of Topliss-reactive ketones (excluding diaryl/α,β-unsaturated/α-hetero) is 1. The van der Waals surface area contributed by atoms with Gasteiger partial charge in [0.1, 0.15) is 0 Å². The summed E-state index contributed by atoms with van der Waals surface area (Å²) in [5, 5.41) is 10.8. The van der Waals surface area contributed by atoms with E-state index in [4.69, 9.17) is 5.26 Å². The number of aromatic nitrogens is 1. The minimum absolute atomic E-state index is 0.0570. The summed E-state index contributed by atoms with van der Waals surface area (Å²) in [5.74, 6) is 0.0570. The summed E-state index contributed by atoms with van der Waals surface area (Å²) in [6.45, 7) is 0.264. The summed E-state index contributed by atoms with van der Waals surface area (Å²) < 4.78 is 1.78. The highest BCUT2D eigenvalue weighted by Gasteiger charge is 2.14. The normalized spacial score (nSPS) is 10.2. The van der Waals surface area contributed by atoms with E-state index in [1.54, 1.807) is 29.1 Å². The van der Waals surface area contributed by atoms with Crippen LogP contribution >= 0.6 is 0 Å². The van der Waals surface area contributed by atoms with Crippen molar-refractivity contribution in [3.05, 3.63) is 78.1 Å². The Bertz CT molecular complexity index is 840. The minimum Gasteiger partial charge on any atom is -0.287 e. The molecule has 0 bridgehead atoms. The van der Waals surface area contributed by atoms with Crippen molar-refractivity contribution >= 4 is 16.6 Å². The van der Waals surface area contributed by atoms with E-state index < -0.39 is 0 Å². The zero-order valence-corrected chi connectivity index (χ0v) is 11.4. The highest BCUT2D eigenvalue weighted by Crippen LogP contribution is 2.18. The van der Waals surface area contributed by atoms with Crippen LogP contribution in [0.5, 0.6) is 0 Å². The Morgan fingerprint density at radius 2 is 1.71 bits per heavy atom. The van der Waals surface area contributed by atoms with Crippen molar-refractivity contribution in [1.29, 1.82) is 5.26 Å². The van der Waals surface area contributed by atoms with Gasteiger partial charge in [-0.15, -0.1) is 0 Å². The third-order valence-electron chi connectivity index (χ3n) is 3.44. The van der Waals surface area contributed by atoms with E-state index in [1.807, 2.05) is 42.5 Å². The van der Waals surface area contributed by atoms with E-state index in [1.165, 1.54) is 0 Å². The van der Waals surface area contributed by atoms with Gasteiger partial charge in [-0.25, -0.2) is 0 Å². The van der Waals surface area contributed by atoms with Gasteiger partial charge in [0.05, 0.1) is 11.6 Å². The molecule has 1 heterocycles. The molecule has 0 amide bonds. The molecule has 100 valence electrons. The van der Waals surface area contributed by atoms with Crippen LogP contribution in [0.15, 0.2) is 67.0 Å². The second-order valence-electron chi connectivity index (χ2n) is 4.82. The quantitative estimate of drug-likeness (QED) is 0.544. The Morgan fingerprint density at radius 1 is 1.00 bits per heavy atom. The second kappa shape index (κ2) is 5.56. The Balaban J connectivity index is 1.92. The van der Waals surface area contributed by atoms with Crippen LogP contribution in [0, 0.1) is 11.3 Å². The Hall–Kier alpha value is -2.99. The summed E-state index contributed by atoms with van der Waals surface area (Å²) in [4.78, 5) is 12.5. The summed E-state index contributed by atoms with van der Waals surface area (Å²) in [6, 6.07) is 19.1. The maximum atomic E-state index is 12.5. The summed E-state index contributed by atoms with van der Waals surface area (Å²) in [5.41, 5.74) is 1.31. The van der Waals surface area contributed by atoms with Gasteiger partial charge in [0, 0.05) is 17.7 Å². The van der Waals surface area contributed by atoms with Crippen LogP contribution in [0.3, 0.4) is 0 Å². The predicted octanol–water partition coefficient (Wildman–Crippen LogP) is 2.88. The van der Waals surface area contributed by atoms with Crippen LogP contribution in [-0.4, -0.2) is 5.78 Å². The minimum atomic E-state index is 0.0570. The van der Waals surface area contributed by atoms with Crippen LogP contribution in [0.4, 0.5) is 0 Å². The van der Waals surface area contributed by atoms with Crippen LogP contribution in [0.2, 0.25) is 0 Å². The standard InChI is InChI=1S/C18H13N2O/c19-12-14-8-10-20(11-9-14)13-18(21)17-7-3-5-15-4-1-2-6-16(15)17/h1-11H,13H2/q+1. The average molecular weight is 273 g/mol. The molecule has 3 heteroatoms. The predicted molar refractivity (Wildman–Crippen MR) is 79.6 cm³/mol. The first kappa shape index (κ1) is 13.0. The molecule has 3 aromatic rings. The van der Waals surface area contributed by atoms with Crippen LogP contribution in [-0.2, 0) is 6.54 Å². The Kier molecular flexibility index (Phi) is 3.44. The van der Waals surface area contributed by atoms with Crippen molar-refractivity contribution < 1.29 is 9.36 Å². The first-order valence-corrected chi connectivity index (χ1v) is 6.68. The smallest absolute Gasteiger partial charge is 0.228 e. The molecule has 3 rings (SSSR count). The molecule has 1 aromatic heterocycles. The molecule has 21 heavy (non-hydrogen) atoms. The van der Waals surface area contributed by atoms with E-state index in [-0.39, 0.29) is 12.3 Å². The molecule has 0 saturated heterocycles. The molecule has 0 spiro atoms. The van der Waals surface area contributed by atoms with Gasteiger partial charge in [-0.2, -0.15) is 9.83 Å². The first-order valence-electron chi connectivity index (χ1n) is 6.68. The molecule has 0 atom stereocenters. The first-order chi connectivity index (χ1) is 10.3. The summed E-state index contributed by atoms with van der Waals surface area (Å²) >= 11 is 0. The highest BCUT2D eigenvalue weighted by atomic mass is 16.1. The number of hydrogen-bond donors (Lipinski definition) is 0. The molecular weight excluding hydrogens is 260 g/mol. The van der Waals surface area contributed by atoms with E-state index in [0.29, 0.717) is 5.56 Å². The van der Waals surface area contributed by atoms with E-state index in [9.17, 15) is 4.79 Å². The third kappa shape index (κ3) is 2.65. The molecular formula is C18H13N2O+. The number of nitrogens with zero attached hydrogens (tertiary/aromatic N) is 2. The van der Waals surface area contributed by atoms with Crippen LogP contribution in [0.1, 0.15) is 15.9 Å². The number of hydrogen-bond acceptors (Lipinski definition) is 2. The number of rotatable bonds is 3. The number of fused-ring (bicyclic) bond motifs is 1. The maximum absolute atomic E-state index is 12.5. The van der Waals surface area contributed by atoms with Gasteiger partial charge < -0.3 is 0 Å². The van der Waals surface area contributed by atoms with Gasteiger partial charge >= 0.3 is 0 Å². The van der Waals surface area contributed by atoms with E-state index >= 15 is 0 Å². The number of ketones is 1. The third-order valence-corrected chi connectivity index (χ3v) is 3.44. The van der Waals surface area contributed by atoms with Gasteiger partial charge in [-0.05, 0) is 10.8 Å². The lowest BCUT2D eigenvalue weighted by Gasteiger charge is -2.03. The van der Waals surface area contributed by atoms with Crippen LogP contribution in [0.25, 0.3) is 10.8 Å². The molecule has 2 aromatic carbocycles. The van der Waals surface area contributed by atoms with Crippen molar-refractivity contribution in [3.8, 4) is 6.07 Å². The van der Waals surface area contributed by atoms with Gasteiger partial charge in [-0.3, -0.25) is 4.79 Å². The van der Waals surface area contributed by atoms with Gasteiger partial charge in [-0.1, -0.05) is 42.5 Å². The zero-order chi connectivity index (χ0) is 14.7. The number of pyridine rings is 1. The number of carbonyl (C=O) groups excluding carboxylic acids is 1. The van der Waals surface area contributed by atoms with Crippen molar-refractivity contribution in [1.82, 2.24) is 0 Å². The Labute approximate surface area is 122 Å². The number of carbonyl (C=O) groups is 1. The van der Waals surface area contributed by atoms with E-state index in [0.717, 1.165) is 16.3 Å². The lowest BCUT2D eigenvalue weighted by atomic mass is 10.0. The van der Waals surface area contributed by atoms with Crippen LogP contribution < -0.4 is 4.57 Å². The summed E-state index contributed by atoms with van der Waals surface area (Å²) in [7, 11) is 0. The lowest BCUT2D eigenvalue weighted by Crippen LogP contribution is -2.37. The Morgan fingerprint density at radius 3 is 2.48 bits per heavy atom. The molecule has 0 N–H and O–H groups in total. The zero-order valence-electron chi connectivity index (χ0n) is 11.4. The van der Waals surface area contributed by atoms with Gasteiger partial charge in [0.25, 0.3) is 0 Å². The molecule has 0 unspecified atom stereocenters. The number of benzene rings is 2. The molecule has 0 saturated carbocycles. The average Bonchev–Trinajstić information content (AvgIpc) is 2.55. The highest BCUT2D eigenvalue weighted by molar-refractivity contribution is 6.07. The molecule has 0 aliphatic heterocycles. The van der Waals surface area contributed by atoms with E-state index in [2.05, 4.69) is 6.07 Å². The fourth-order valence-electron chi connectivity index (χ4n) is 2.36. The monoisotopic (exact) mass is 273 g/mol. The SMILES string of the molecule is N#Cc1cc[n+](CC(=O)c2cccc3ccccc23)cc1. The molecule has 0 aliphatic carbocycles. The summed E-state index contributed by atoms with van der Waals surface area (Å²) in [6.07, 6.45) is 3.50. The molecule has 0 aliphatic rings. The fourth-order valence-corrected chi connectivity index (χ4v) is 2.36. The van der Waals surface area contributed by atoms with Crippen molar-refractivity contribution in [3.63, 3.8) is 0 Å². The topological polar surface area (TPSA) is 44.7 Å². The van der Waals surface area contributed by atoms with Gasteiger partial charge in [0.2, 0.25) is 12.3 Å². The molecule has 3 nitrogen and oxygen atoms in total. The van der Waals surface area contributed by atoms with Crippen molar-refractivity contribution in [2.75, 3.05) is 0 Å². The number of nitriles is 1. The fraction of sp³-hybridized carbons (Fsp3) is 0.0556. The lowest BCUT2D eigenvalue weighted by molar-refractivity contribution is -0.683. The molecule has 0 radical (unpaired) electrons. The van der Waals surface area contributed by atoms with Crippen molar-refractivity contribution in [2.24, 2.45) is 0 Å².